The summed E-state index contributed by atoms with van der Waals surface area (Å²) >= 11 is 7.10. The fourth-order valence-corrected chi connectivity index (χ4v) is 3.53. The van der Waals surface area contributed by atoms with Crippen LogP contribution in [0.2, 0.25) is 5.02 Å². The highest BCUT2D eigenvalue weighted by molar-refractivity contribution is 8.15. The summed E-state index contributed by atoms with van der Waals surface area (Å²) in [6, 6.07) is 12.7. The standard InChI is InChI=1S/C19H18ClN3O2S/c1-11-3-6-15(9-12(11)2)22-19-23-18(25)16(26-19)10-17(24)21-14-7-4-13(20)5-8-14/h3-9,16H,10H2,1-2H3,(H,21,24)(H,22,23,25). The Bertz CT molecular complexity index is 881. The maximum Gasteiger partial charge on any atom is 0.240 e. The number of hydrogen-bond acceptors (Lipinski definition) is 4. The molecule has 0 aliphatic carbocycles. The molecule has 0 radical (unpaired) electrons. The Labute approximate surface area is 161 Å². The van der Waals surface area contributed by atoms with Crippen molar-refractivity contribution < 1.29 is 9.59 Å². The predicted octanol–water partition coefficient (Wildman–Crippen LogP) is 4.20. The second-order valence-electron chi connectivity index (χ2n) is 6.04. The van der Waals surface area contributed by atoms with E-state index in [0.717, 1.165) is 11.3 Å². The van der Waals surface area contributed by atoms with Crippen molar-refractivity contribution in [3.05, 3.63) is 58.6 Å². The SMILES string of the molecule is Cc1ccc(N=C2NC(=O)C(CC(=O)Nc3ccc(Cl)cc3)S2)cc1C. The lowest BCUT2D eigenvalue weighted by Crippen LogP contribution is -2.28. The number of carbonyl (C=O) groups excluding carboxylic acids is 2. The lowest BCUT2D eigenvalue weighted by Gasteiger charge is -2.07. The van der Waals surface area contributed by atoms with Gasteiger partial charge in [0.1, 0.15) is 5.25 Å². The second-order valence-corrected chi connectivity index (χ2v) is 7.67. The molecule has 0 spiro atoms. The molecule has 1 aliphatic heterocycles. The summed E-state index contributed by atoms with van der Waals surface area (Å²) in [6.07, 6.45) is 0.0745. The first-order valence-electron chi connectivity index (χ1n) is 8.09. The van der Waals surface area contributed by atoms with Crippen LogP contribution in [0.3, 0.4) is 0 Å². The fourth-order valence-electron chi connectivity index (χ4n) is 2.42. The Morgan fingerprint density at radius 2 is 1.92 bits per heavy atom. The minimum atomic E-state index is -0.493. The number of halogens is 1. The molecular formula is C19H18ClN3O2S. The Hall–Kier alpha value is -2.31. The van der Waals surface area contributed by atoms with E-state index in [4.69, 9.17) is 11.6 Å². The number of amides is 2. The molecule has 7 heteroatoms. The number of aryl methyl sites for hydroxylation is 2. The number of anilines is 1. The third kappa shape index (κ3) is 4.65. The number of nitrogens with one attached hydrogen (secondary N) is 2. The molecule has 2 aromatic carbocycles. The number of thioether (sulfide) groups is 1. The number of benzene rings is 2. The molecule has 0 aromatic heterocycles. The molecular weight excluding hydrogens is 370 g/mol. The normalized spacial score (nSPS) is 18.0. The monoisotopic (exact) mass is 387 g/mol. The van der Waals surface area contributed by atoms with Gasteiger partial charge < -0.3 is 10.6 Å². The molecule has 3 rings (SSSR count). The van der Waals surface area contributed by atoms with Crippen molar-refractivity contribution in [2.75, 3.05) is 5.32 Å². The lowest BCUT2D eigenvalue weighted by atomic mass is 10.1. The summed E-state index contributed by atoms with van der Waals surface area (Å²) in [7, 11) is 0. The smallest absolute Gasteiger partial charge is 0.240 e. The van der Waals surface area contributed by atoms with Gasteiger partial charge in [-0.25, -0.2) is 4.99 Å². The van der Waals surface area contributed by atoms with Gasteiger partial charge >= 0.3 is 0 Å². The Morgan fingerprint density at radius 3 is 2.62 bits per heavy atom. The summed E-state index contributed by atoms with van der Waals surface area (Å²) in [5.41, 5.74) is 3.75. The quantitative estimate of drug-likeness (QED) is 0.825. The van der Waals surface area contributed by atoms with Crippen LogP contribution in [-0.2, 0) is 9.59 Å². The van der Waals surface area contributed by atoms with E-state index in [1.54, 1.807) is 24.3 Å². The van der Waals surface area contributed by atoms with E-state index in [2.05, 4.69) is 15.6 Å². The Balaban J connectivity index is 1.62. The summed E-state index contributed by atoms with van der Waals surface area (Å²) in [6.45, 7) is 4.05. The predicted molar refractivity (Wildman–Crippen MR) is 107 cm³/mol. The van der Waals surface area contributed by atoms with Crippen LogP contribution in [0.4, 0.5) is 11.4 Å². The third-order valence-corrected chi connectivity index (χ3v) is 5.33. The first-order chi connectivity index (χ1) is 12.4. The number of nitrogens with zero attached hydrogens (tertiary/aromatic N) is 1. The minimum Gasteiger partial charge on any atom is -0.326 e. The molecule has 26 heavy (non-hydrogen) atoms. The van der Waals surface area contributed by atoms with Crippen LogP contribution in [0.15, 0.2) is 47.5 Å². The van der Waals surface area contributed by atoms with Crippen molar-refractivity contribution in [1.29, 1.82) is 0 Å². The zero-order valence-corrected chi connectivity index (χ0v) is 15.9. The Kier molecular flexibility index (Phi) is 5.64. The van der Waals surface area contributed by atoms with E-state index in [9.17, 15) is 9.59 Å². The number of carbonyl (C=O) groups is 2. The molecule has 1 heterocycles. The molecule has 1 saturated heterocycles. The van der Waals surface area contributed by atoms with Crippen molar-refractivity contribution in [2.45, 2.75) is 25.5 Å². The molecule has 0 bridgehead atoms. The first kappa shape index (κ1) is 18.5. The summed E-state index contributed by atoms with van der Waals surface area (Å²) in [4.78, 5) is 28.8. The van der Waals surface area contributed by atoms with E-state index in [0.29, 0.717) is 15.9 Å². The largest absolute Gasteiger partial charge is 0.326 e. The molecule has 0 saturated carbocycles. The van der Waals surface area contributed by atoms with Gasteiger partial charge in [-0.2, -0.15) is 0 Å². The first-order valence-corrected chi connectivity index (χ1v) is 9.35. The van der Waals surface area contributed by atoms with Crippen LogP contribution < -0.4 is 10.6 Å². The Morgan fingerprint density at radius 1 is 1.19 bits per heavy atom. The number of aliphatic imine (C=N–C) groups is 1. The van der Waals surface area contributed by atoms with Gasteiger partial charge in [0, 0.05) is 17.1 Å². The van der Waals surface area contributed by atoms with Crippen LogP contribution in [0.25, 0.3) is 0 Å². The van der Waals surface area contributed by atoms with Crippen LogP contribution in [0.1, 0.15) is 17.5 Å². The third-order valence-electron chi connectivity index (χ3n) is 4.00. The van der Waals surface area contributed by atoms with E-state index < -0.39 is 5.25 Å². The number of rotatable bonds is 4. The minimum absolute atomic E-state index is 0.0745. The molecule has 5 nitrogen and oxygen atoms in total. The fraction of sp³-hybridized carbons (Fsp3) is 0.211. The number of hydrogen-bond donors (Lipinski definition) is 2. The lowest BCUT2D eigenvalue weighted by molar-refractivity contribution is -0.122. The van der Waals surface area contributed by atoms with Crippen molar-refractivity contribution >= 4 is 51.7 Å². The van der Waals surface area contributed by atoms with Gasteiger partial charge in [0.25, 0.3) is 0 Å². The van der Waals surface area contributed by atoms with Crippen LogP contribution in [0, 0.1) is 13.8 Å². The molecule has 1 unspecified atom stereocenters. The van der Waals surface area contributed by atoms with Gasteiger partial charge in [-0.15, -0.1) is 0 Å². The van der Waals surface area contributed by atoms with E-state index in [1.807, 2.05) is 32.0 Å². The van der Waals surface area contributed by atoms with Crippen LogP contribution >= 0.6 is 23.4 Å². The molecule has 1 aliphatic rings. The van der Waals surface area contributed by atoms with Crippen LogP contribution in [-0.4, -0.2) is 22.2 Å². The highest BCUT2D eigenvalue weighted by Gasteiger charge is 2.32. The highest BCUT2D eigenvalue weighted by Crippen LogP contribution is 2.26. The summed E-state index contributed by atoms with van der Waals surface area (Å²) in [5, 5.41) is 6.13. The van der Waals surface area contributed by atoms with Gasteiger partial charge in [0.2, 0.25) is 11.8 Å². The molecule has 2 N–H and O–H groups in total. The van der Waals surface area contributed by atoms with Gasteiger partial charge in [0.05, 0.1) is 5.69 Å². The van der Waals surface area contributed by atoms with Crippen LogP contribution in [0.5, 0.6) is 0 Å². The zero-order valence-electron chi connectivity index (χ0n) is 14.4. The van der Waals surface area contributed by atoms with E-state index in [1.165, 1.54) is 17.3 Å². The zero-order chi connectivity index (χ0) is 18.7. The molecule has 134 valence electrons. The average molecular weight is 388 g/mol. The summed E-state index contributed by atoms with van der Waals surface area (Å²) < 4.78 is 0. The van der Waals surface area contributed by atoms with Gasteiger partial charge in [-0.3, -0.25) is 9.59 Å². The average Bonchev–Trinajstić information content (AvgIpc) is 2.92. The van der Waals surface area contributed by atoms with E-state index in [-0.39, 0.29) is 18.2 Å². The van der Waals surface area contributed by atoms with Gasteiger partial charge in [-0.05, 0) is 61.4 Å². The molecule has 2 aromatic rings. The van der Waals surface area contributed by atoms with Gasteiger partial charge in [-0.1, -0.05) is 29.4 Å². The van der Waals surface area contributed by atoms with Crippen molar-refractivity contribution in [1.82, 2.24) is 5.32 Å². The maximum atomic E-state index is 12.2. The second kappa shape index (κ2) is 7.93. The van der Waals surface area contributed by atoms with Gasteiger partial charge in [0.15, 0.2) is 5.17 Å². The highest BCUT2D eigenvalue weighted by atomic mass is 35.5. The van der Waals surface area contributed by atoms with Crippen molar-refractivity contribution in [3.8, 4) is 0 Å². The van der Waals surface area contributed by atoms with Crippen molar-refractivity contribution in [2.24, 2.45) is 4.99 Å². The maximum absolute atomic E-state index is 12.2. The molecule has 2 amide bonds. The number of amidine groups is 1. The molecule has 1 fully saturated rings. The topological polar surface area (TPSA) is 70.6 Å². The molecule has 1 atom stereocenters. The van der Waals surface area contributed by atoms with Crippen molar-refractivity contribution in [3.63, 3.8) is 0 Å². The summed E-state index contributed by atoms with van der Waals surface area (Å²) in [5.74, 6) is -0.434. The van der Waals surface area contributed by atoms with E-state index >= 15 is 0 Å².